The Morgan fingerprint density at radius 3 is 2.40 bits per heavy atom. The molecule has 3 heteroatoms. The van der Waals surface area contributed by atoms with Gasteiger partial charge in [0.2, 0.25) is 0 Å². The van der Waals surface area contributed by atoms with Crippen LogP contribution in [0.5, 0.6) is 5.75 Å². The Morgan fingerprint density at radius 1 is 1.33 bits per heavy atom. The van der Waals surface area contributed by atoms with Crippen molar-refractivity contribution in [2.24, 2.45) is 5.73 Å². The third kappa shape index (κ3) is 2.64. The van der Waals surface area contributed by atoms with Crippen LogP contribution in [0.2, 0.25) is 5.02 Å². The fraction of sp³-hybridized carbons (Fsp3) is 0.500. The lowest BCUT2D eigenvalue weighted by Crippen LogP contribution is -2.09. The Hall–Kier alpha value is -0.730. The second-order valence-electron chi connectivity index (χ2n) is 4.23. The summed E-state index contributed by atoms with van der Waals surface area (Å²) in [5.74, 6) is 0.687. The quantitative estimate of drug-likeness (QED) is 0.833. The lowest BCUT2D eigenvalue weighted by Gasteiger charge is -2.16. The summed E-state index contributed by atoms with van der Waals surface area (Å²) >= 11 is 5.97. The number of nitrogens with two attached hydrogens (primary N) is 1. The second kappa shape index (κ2) is 4.86. The minimum absolute atomic E-state index is 0.126. The van der Waals surface area contributed by atoms with Gasteiger partial charge in [0.25, 0.3) is 0 Å². The molecule has 0 saturated carbocycles. The van der Waals surface area contributed by atoms with Crippen LogP contribution >= 0.6 is 11.6 Å². The Bertz CT molecular complexity index is 350. The van der Waals surface area contributed by atoms with E-state index in [0.717, 1.165) is 11.1 Å². The van der Waals surface area contributed by atoms with Gasteiger partial charge in [0, 0.05) is 0 Å². The van der Waals surface area contributed by atoms with Gasteiger partial charge in [-0.3, -0.25) is 0 Å². The highest BCUT2D eigenvalue weighted by Crippen LogP contribution is 2.35. The first-order chi connectivity index (χ1) is 6.97. The lowest BCUT2D eigenvalue weighted by molar-refractivity contribution is 0.463. The summed E-state index contributed by atoms with van der Waals surface area (Å²) in [6.07, 6.45) is 0. The number of rotatable bonds is 3. The Balaban J connectivity index is 3.25. The first-order valence-corrected chi connectivity index (χ1v) is 5.57. The molecule has 0 aliphatic rings. The van der Waals surface area contributed by atoms with Crippen molar-refractivity contribution in [2.45, 2.75) is 32.6 Å². The van der Waals surface area contributed by atoms with E-state index >= 15 is 0 Å². The monoisotopic (exact) mass is 227 g/mol. The molecule has 1 aromatic carbocycles. The zero-order chi connectivity index (χ0) is 11.6. The topological polar surface area (TPSA) is 46.2 Å². The summed E-state index contributed by atoms with van der Waals surface area (Å²) in [7, 11) is 0. The molecule has 3 N–H and O–H groups in total. The van der Waals surface area contributed by atoms with E-state index in [-0.39, 0.29) is 11.7 Å². The maximum Gasteiger partial charge on any atom is 0.137 e. The van der Waals surface area contributed by atoms with Gasteiger partial charge < -0.3 is 10.8 Å². The summed E-state index contributed by atoms with van der Waals surface area (Å²) in [4.78, 5) is 0. The minimum Gasteiger partial charge on any atom is -0.506 e. The Labute approximate surface area is 96.1 Å². The number of aromatic hydroxyl groups is 1. The van der Waals surface area contributed by atoms with Crippen molar-refractivity contribution >= 4 is 11.6 Å². The van der Waals surface area contributed by atoms with Gasteiger partial charge in [0.1, 0.15) is 5.75 Å². The molecule has 0 bridgehead atoms. The molecule has 0 fully saturated rings. The SMILES string of the molecule is CC(C)c1cc(Cl)c(O)c(C(C)CN)c1. The number of benzene rings is 1. The van der Waals surface area contributed by atoms with Crippen LogP contribution in [0.4, 0.5) is 0 Å². The fourth-order valence-corrected chi connectivity index (χ4v) is 1.71. The number of hydrogen-bond acceptors (Lipinski definition) is 2. The number of phenolic OH excluding ortho intramolecular Hbond substituents is 1. The Morgan fingerprint density at radius 2 is 1.93 bits per heavy atom. The number of hydrogen-bond donors (Lipinski definition) is 2. The molecule has 0 aliphatic heterocycles. The molecule has 1 unspecified atom stereocenters. The highest BCUT2D eigenvalue weighted by atomic mass is 35.5. The van der Waals surface area contributed by atoms with E-state index in [0.29, 0.717) is 17.5 Å². The van der Waals surface area contributed by atoms with Gasteiger partial charge in [0.15, 0.2) is 0 Å². The van der Waals surface area contributed by atoms with Crippen LogP contribution in [0, 0.1) is 0 Å². The first kappa shape index (κ1) is 12.3. The summed E-state index contributed by atoms with van der Waals surface area (Å²) in [5.41, 5.74) is 7.57. The molecule has 15 heavy (non-hydrogen) atoms. The van der Waals surface area contributed by atoms with E-state index in [9.17, 15) is 5.11 Å². The fourth-order valence-electron chi connectivity index (χ4n) is 1.48. The van der Waals surface area contributed by atoms with Crippen molar-refractivity contribution in [1.82, 2.24) is 0 Å². The van der Waals surface area contributed by atoms with Gasteiger partial charge >= 0.3 is 0 Å². The third-order valence-corrected chi connectivity index (χ3v) is 2.95. The molecule has 0 heterocycles. The smallest absolute Gasteiger partial charge is 0.137 e. The highest BCUT2D eigenvalue weighted by molar-refractivity contribution is 6.32. The summed E-state index contributed by atoms with van der Waals surface area (Å²) in [6, 6.07) is 3.80. The molecule has 0 aliphatic carbocycles. The molecule has 1 rings (SSSR count). The molecule has 0 aromatic heterocycles. The molecule has 1 atom stereocenters. The average molecular weight is 228 g/mol. The average Bonchev–Trinajstić information content (AvgIpc) is 2.20. The lowest BCUT2D eigenvalue weighted by atomic mass is 9.94. The van der Waals surface area contributed by atoms with Crippen LogP contribution in [0.1, 0.15) is 43.7 Å². The van der Waals surface area contributed by atoms with Crippen molar-refractivity contribution in [3.8, 4) is 5.75 Å². The molecule has 1 aromatic rings. The van der Waals surface area contributed by atoms with Gasteiger partial charge in [-0.2, -0.15) is 0 Å². The third-order valence-electron chi connectivity index (χ3n) is 2.67. The van der Waals surface area contributed by atoms with E-state index < -0.39 is 0 Å². The van der Waals surface area contributed by atoms with Crippen molar-refractivity contribution in [3.05, 3.63) is 28.3 Å². The van der Waals surface area contributed by atoms with E-state index in [4.69, 9.17) is 17.3 Å². The van der Waals surface area contributed by atoms with Gasteiger partial charge in [0.05, 0.1) is 5.02 Å². The zero-order valence-electron chi connectivity index (χ0n) is 9.42. The first-order valence-electron chi connectivity index (χ1n) is 5.19. The van der Waals surface area contributed by atoms with E-state index in [1.165, 1.54) is 0 Å². The van der Waals surface area contributed by atoms with Crippen molar-refractivity contribution < 1.29 is 5.11 Å². The van der Waals surface area contributed by atoms with E-state index in [1.807, 2.05) is 19.1 Å². The molecule has 0 spiro atoms. The maximum absolute atomic E-state index is 9.82. The van der Waals surface area contributed by atoms with Crippen LogP contribution < -0.4 is 5.73 Å². The summed E-state index contributed by atoms with van der Waals surface area (Å²) in [6.45, 7) is 6.68. The summed E-state index contributed by atoms with van der Waals surface area (Å²) < 4.78 is 0. The van der Waals surface area contributed by atoms with Crippen LogP contribution in [0.25, 0.3) is 0 Å². The van der Waals surface area contributed by atoms with Crippen molar-refractivity contribution in [3.63, 3.8) is 0 Å². The number of halogens is 1. The highest BCUT2D eigenvalue weighted by Gasteiger charge is 2.14. The largest absolute Gasteiger partial charge is 0.506 e. The molecule has 0 amide bonds. The van der Waals surface area contributed by atoms with Crippen LogP contribution in [0.15, 0.2) is 12.1 Å². The van der Waals surface area contributed by atoms with E-state index in [1.54, 1.807) is 0 Å². The molecule has 0 saturated heterocycles. The molecular weight excluding hydrogens is 210 g/mol. The summed E-state index contributed by atoms with van der Waals surface area (Å²) in [5, 5.41) is 10.2. The predicted octanol–water partition coefficient (Wildman–Crippen LogP) is 3.23. The minimum atomic E-state index is 0.126. The Kier molecular flexibility index (Phi) is 4.00. The zero-order valence-corrected chi connectivity index (χ0v) is 10.2. The van der Waals surface area contributed by atoms with Crippen molar-refractivity contribution in [2.75, 3.05) is 6.54 Å². The van der Waals surface area contributed by atoms with Gasteiger partial charge in [-0.25, -0.2) is 0 Å². The van der Waals surface area contributed by atoms with Gasteiger partial charge in [-0.1, -0.05) is 38.4 Å². The van der Waals surface area contributed by atoms with Gasteiger partial charge in [-0.15, -0.1) is 0 Å². The van der Waals surface area contributed by atoms with Crippen LogP contribution in [-0.4, -0.2) is 11.7 Å². The molecule has 84 valence electrons. The second-order valence-corrected chi connectivity index (χ2v) is 4.64. The van der Waals surface area contributed by atoms with Crippen molar-refractivity contribution in [1.29, 1.82) is 0 Å². The van der Waals surface area contributed by atoms with Crippen LogP contribution in [-0.2, 0) is 0 Å². The van der Waals surface area contributed by atoms with E-state index in [2.05, 4.69) is 13.8 Å². The molecular formula is C12H18ClNO. The predicted molar refractivity (Wildman–Crippen MR) is 64.7 cm³/mol. The molecule has 2 nitrogen and oxygen atoms in total. The standard InChI is InChI=1S/C12H18ClNO/c1-7(2)9-4-10(8(3)6-14)12(15)11(13)5-9/h4-5,7-8,15H,6,14H2,1-3H3. The normalized spacial score (nSPS) is 13.2. The maximum atomic E-state index is 9.82. The molecule has 0 radical (unpaired) electrons. The van der Waals surface area contributed by atoms with Gasteiger partial charge in [-0.05, 0) is 35.6 Å². The van der Waals surface area contributed by atoms with Crippen LogP contribution in [0.3, 0.4) is 0 Å². The number of phenols is 1.